The largest absolute Gasteiger partial charge is 0.456 e. The van der Waals surface area contributed by atoms with E-state index in [2.05, 4.69) is 201 Å². The molecular weight excluding hydrogens is 795 g/mol. The molecule has 0 N–H and O–H groups in total. The molecule has 2 aromatic heterocycles. The van der Waals surface area contributed by atoms with E-state index in [1.807, 2.05) is 23.5 Å². The zero-order valence-corrected chi connectivity index (χ0v) is 36.3. The molecule has 0 aliphatic heterocycles. The molecule has 3 heteroatoms. The number of aryl methyl sites for hydroxylation is 1. The standard InChI is InChI=1S/C61H43NOS/c1-2-56(62-57(24-12-16-39-14-4-3-5-15-39)44-27-31-52-51-23-10-11-25-58(51)63-59(52)37-44)45-28-32-53-55-36-43(29-33-60(55)64-61(53)38-45)41-18-13-17-40(34-41)42-26-30-50-48-21-7-6-19-46(48)47-20-8-9-22-49(47)54(50)35-42/h3-11,13-15,17-38H,2,12,16H2,1H3/b57-24-,62-56?. The van der Waals surface area contributed by atoms with Gasteiger partial charge < -0.3 is 4.42 Å². The summed E-state index contributed by atoms with van der Waals surface area (Å²) in [6.07, 6.45) is 4.94. The summed E-state index contributed by atoms with van der Waals surface area (Å²) in [6, 6.07) is 72.9. The van der Waals surface area contributed by atoms with Crippen molar-refractivity contribution in [2.75, 3.05) is 0 Å². The second-order valence-electron chi connectivity index (χ2n) is 16.8. The summed E-state index contributed by atoms with van der Waals surface area (Å²) in [5.41, 5.74) is 12.3. The highest BCUT2D eigenvalue weighted by Crippen LogP contribution is 2.40. The molecule has 0 aliphatic carbocycles. The van der Waals surface area contributed by atoms with Gasteiger partial charge in [-0.1, -0.05) is 165 Å². The molecule has 12 aromatic rings. The number of hydrogen-bond donors (Lipinski definition) is 0. The predicted molar refractivity (Wildman–Crippen MR) is 276 cm³/mol. The Kier molecular flexibility index (Phi) is 9.50. The van der Waals surface area contributed by atoms with Gasteiger partial charge in [0.25, 0.3) is 0 Å². The van der Waals surface area contributed by atoms with E-state index in [-0.39, 0.29) is 0 Å². The van der Waals surface area contributed by atoms with E-state index in [1.165, 1.54) is 80.3 Å². The van der Waals surface area contributed by atoms with Crippen LogP contribution in [0.1, 0.15) is 36.5 Å². The van der Waals surface area contributed by atoms with Crippen LogP contribution in [0.25, 0.3) is 102 Å². The number of benzene rings is 10. The van der Waals surface area contributed by atoms with Crippen LogP contribution in [0.15, 0.2) is 216 Å². The molecule has 0 radical (unpaired) electrons. The molecule has 0 fully saturated rings. The molecule has 2 heterocycles. The lowest BCUT2D eigenvalue weighted by molar-refractivity contribution is 0.669. The third-order valence-electron chi connectivity index (χ3n) is 13.0. The fraction of sp³-hybridized carbons (Fsp3) is 0.0656. The third kappa shape index (κ3) is 6.77. The molecule has 0 bridgehead atoms. The molecular formula is C61H43NOS. The van der Waals surface area contributed by atoms with E-state index in [0.717, 1.165) is 63.7 Å². The Bertz CT molecular complexity index is 3790. The summed E-state index contributed by atoms with van der Waals surface area (Å²) in [7, 11) is 0. The Hall–Kier alpha value is -7.59. The van der Waals surface area contributed by atoms with Crippen molar-refractivity contribution in [3.05, 3.63) is 223 Å². The van der Waals surface area contributed by atoms with Crippen molar-refractivity contribution in [3.63, 3.8) is 0 Å². The maximum atomic E-state index is 6.34. The van der Waals surface area contributed by atoms with E-state index in [9.17, 15) is 0 Å². The van der Waals surface area contributed by atoms with Gasteiger partial charge in [-0.05, 0) is 133 Å². The minimum absolute atomic E-state index is 0.809. The van der Waals surface area contributed by atoms with Crippen molar-refractivity contribution < 1.29 is 4.42 Å². The van der Waals surface area contributed by atoms with Gasteiger partial charge in [0, 0.05) is 42.2 Å². The quantitative estimate of drug-likeness (QED) is 0.105. The van der Waals surface area contributed by atoms with E-state index in [1.54, 1.807) is 0 Å². The number of thiophene rings is 1. The van der Waals surface area contributed by atoms with Gasteiger partial charge in [0.05, 0.1) is 5.70 Å². The molecule has 0 saturated heterocycles. The van der Waals surface area contributed by atoms with Crippen LogP contribution in [0.4, 0.5) is 0 Å². The molecule has 12 rings (SSSR count). The summed E-state index contributed by atoms with van der Waals surface area (Å²) in [5, 5.41) is 12.6. The van der Waals surface area contributed by atoms with Gasteiger partial charge in [-0.2, -0.15) is 0 Å². The van der Waals surface area contributed by atoms with Crippen LogP contribution >= 0.6 is 11.3 Å². The average Bonchev–Trinajstić information content (AvgIpc) is 3.92. The fourth-order valence-corrected chi connectivity index (χ4v) is 10.9. The van der Waals surface area contributed by atoms with Crippen LogP contribution in [0.5, 0.6) is 0 Å². The molecule has 10 aromatic carbocycles. The van der Waals surface area contributed by atoms with Crippen molar-refractivity contribution in [3.8, 4) is 22.3 Å². The monoisotopic (exact) mass is 837 g/mol. The first-order chi connectivity index (χ1) is 31.6. The highest BCUT2D eigenvalue weighted by atomic mass is 32.1. The molecule has 0 aliphatic rings. The van der Waals surface area contributed by atoms with Gasteiger partial charge in [0.15, 0.2) is 0 Å². The number of furan rings is 1. The van der Waals surface area contributed by atoms with Gasteiger partial charge in [0.2, 0.25) is 0 Å². The maximum Gasteiger partial charge on any atom is 0.136 e. The summed E-state index contributed by atoms with van der Waals surface area (Å²) in [5.74, 6) is 0. The molecule has 2 nitrogen and oxygen atoms in total. The van der Waals surface area contributed by atoms with Gasteiger partial charge in [-0.15, -0.1) is 11.3 Å². The number of aliphatic imine (C=N–C) groups is 1. The highest BCUT2D eigenvalue weighted by Gasteiger charge is 2.15. The number of fused-ring (bicyclic) bond motifs is 12. The number of allylic oxidation sites excluding steroid dienone is 1. The van der Waals surface area contributed by atoms with Crippen molar-refractivity contribution >= 4 is 97.2 Å². The van der Waals surface area contributed by atoms with E-state index in [0.29, 0.717) is 0 Å². The zero-order chi connectivity index (χ0) is 42.6. The molecule has 0 saturated carbocycles. The van der Waals surface area contributed by atoms with E-state index < -0.39 is 0 Å². The summed E-state index contributed by atoms with van der Waals surface area (Å²) < 4.78 is 8.90. The van der Waals surface area contributed by atoms with Gasteiger partial charge >= 0.3 is 0 Å². The molecule has 64 heavy (non-hydrogen) atoms. The van der Waals surface area contributed by atoms with Crippen LogP contribution in [-0.4, -0.2) is 5.71 Å². The molecule has 0 unspecified atom stereocenters. The topological polar surface area (TPSA) is 25.5 Å². The van der Waals surface area contributed by atoms with Crippen molar-refractivity contribution in [1.82, 2.24) is 0 Å². The predicted octanol–water partition coefficient (Wildman–Crippen LogP) is 17.6. The number of nitrogens with zero attached hydrogens (tertiary/aromatic N) is 1. The first-order valence-electron chi connectivity index (χ1n) is 22.3. The second kappa shape index (κ2) is 16.0. The lowest BCUT2D eigenvalue weighted by Gasteiger charge is -2.12. The van der Waals surface area contributed by atoms with Crippen molar-refractivity contribution in [1.29, 1.82) is 0 Å². The third-order valence-corrected chi connectivity index (χ3v) is 14.1. The van der Waals surface area contributed by atoms with Crippen molar-refractivity contribution in [2.45, 2.75) is 26.2 Å². The highest BCUT2D eigenvalue weighted by molar-refractivity contribution is 7.25. The number of para-hydroxylation sites is 1. The van der Waals surface area contributed by atoms with Crippen LogP contribution in [0, 0.1) is 0 Å². The molecule has 0 atom stereocenters. The number of hydrogen-bond acceptors (Lipinski definition) is 3. The molecule has 304 valence electrons. The van der Waals surface area contributed by atoms with Crippen LogP contribution in [-0.2, 0) is 6.42 Å². The zero-order valence-electron chi connectivity index (χ0n) is 35.5. The first-order valence-corrected chi connectivity index (χ1v) is 23.1. The summed E-state index contributed by atoms with van der Waals surface area (Å²) >= 11 is 1.86. The van der Waals surface area contributed by atoms with Gasteiger partial charge in [-0.3, -0.25) is 4.99 Å². The normalized spacial score (nSPS) is 12.5. The minimum atomic E-state index is 0.809. The van der Waals surface area contributed by atoms with Crippen LogP contribution in [0.3, 0.4) is 0 Å². The molecule has 0 spiro atoms. The second-order valence-corrected chi connectivity index (χ2v) is 17.9. The SMILES string of the molecule is CCC(=N/C(=C\CCc1ccccc1)c1ccc2c(c1)oc1ccccc12)c1ccc2c(c1)sc1ccc(-c3cccc(-c4ccc5c6ccccc6c6ccccc6c5c4)c3)cc12. The van der Waals surface area contributed by atoms with Crippen LogP contribution in [0.2, 0.25) is 0 Å². The Morgan fingerprint density at radius 1 is 0.438 bits per heavy atom. The summed E-state index contributed by atoms with van der Waals surface area (Å²) in [6.45, 7) is 2.21. The number of rotatable bonds is 9. The lowest BCUT2D eigenvalue weighted by atomic mass is 9.91. The van der Waals surface area contributed by atoms with E-state index >= 15 is 0 Å². The van der Waals surface area contributed by atoms with Gasteiger partial charge in [-0.25, -0.2) is 0 Å². The Morgan fingerprint density at radius 3 is 1.77 bits per heavy atom. The van der Waals surface area contributed by atoms with E-state index in [4.69, 9.17) is 9.41 Å². The van der Waals surface area contributed by atoms with Crippen LogP contribution < -0.4 is 0 Å². The maximum absolute atomic E-state index is 6.34. The lowest BCUT2D eigenvalue weighted by Crippen LogP contribution is -2.00. The van der Waals surface area contributed by atoms with Gasteiger partial charge in [0.1, 0.15) is 11.2 Å². The smallest absolute Gasteiger partial charge is 0.136 e. The minimum Gasteiger partial charge on any atom is -0.456 e. The Balaban J connectivity index is 0.887. The molecule has 0 amide bonds. The summed E-state index contributed by atoms with van der Waals surface area (Å²) in [4.78, 5) is 5.46. The first kappa shape index (κ1) is 38.1. The Morgan fingerprint density at radius 2 is 1.02 bits per heavy atom. The average molecular weight is 838 g/mol. The van der Waals surface area contributed by atoms with Crippen molar-refractivity contribution in [2.24, 2.45) is 4.99 Å². The Labute approximate surface area is 376 Å². The fourth-order valence-electron chi connectivity index (χ4n) is 9.73.